The maximum atomic E-state index is 14.1. The number of hydrogen-bond donors (Lipinski definition) is 0. The molecule has 1 amide bonds. The zero-order valence-corrected chi connectivity index (χ0v) is 19.8. The third-order valence-electron chi connectivity index (χ3n) is 6.09. The van der Waals surface area contributed by atoms with Crippen LogP contribution < -0.4 is 0 Å². The zero-order valence-electron chi connectivity index (χ0n) is 18.9. The van der Waals surface area contributed by atoms with E-state index in [0.29, 0.717) is 36.9 Å². The third-order valence-corrected chi connectivity index (χ3v) is 7.78. The van der Waals surface area contributed by atoms with E-state index in [4.69, 9.17) is 4.74 Å². The van der Waals surface area contributed by atoms with Crippen molar-refractivity contribution >= 4 is 32.6 Å². The van der Waals surface area contributed by atoms with Gasteiger partial charge in [-0.15, -0.1) is 0 Å². The normalized spacial score (nSPS) is 16.5. The van der Waals surface area contributed by atoms with Gasteiger partial charge in [-0.3, -0.25) is 9.59 Å². The average molecular weight is 487 g/mol. The van der Waals surface area contributed by atoms with Gasteiger partial charge >= 0.3 is 5.97 Å². The maximum Gasteiger partial charge on any atom is 0.310 e. The lowest BCUT2D eigenvalue weighted by Gasteiger charge is -2.31. The van der Waals surface area contributed by atoms with Crippen LogP contribution in [0.15, 0.2) is 59.6 Å². The Bertz CT molecular complexity index is 1320. The molecule has 3 aromatic rings. The van der Waals surface area contributed by atoms with Crippen molar-refractivity contribution in [3.05, 3.63) is 66.1 Å². The molecule has 4 rings (SSSR count). The summed E-state index contributed by atoms with van der Waals surface area (Å²) in [5, 5.41) is 0.481. The Morgan fingerprint density at radius 1 is 1.12 bits per heavy atom. The Morgan fingerprint density at radius 3 is 2.62 bits per heavy atom. The van der Waals surface area contributed by atoms with Crippen molar-refractivity contribution in [3.8, 4) is 0 Å². The first-order valence-electron chi connectivity index (χ1n) is 11.3. The van der Waals surface area contributed by atoms with Crippen molar-refractivity contribution < 1.29 is 27.1 Å². The number of halogens is 1. The first-order chi connectivity index (χ1) is 16.3. The Hall–Kier alpha value is -3.20. The lowest BCUT2D eigenvalue weighted by atomic mass is 9.98. The third kappa shape index (κ3) is 4.99. The van der Waals surface area contributed by atoms with E-state index >= 15 is 0 Å². The maximum absolute atomic E-state index is 14.1. The summed E-state index contributed by atoms with van der Waals surface area (Å²) < 4.78 is 47.3. The summed E-state index contributed by atoms with van der Waals surface area (Å²) in [4.78, 5) is 26.9. The quantitative estimate of drug-likeness (QED) is 0.477. The molecule has 1 aromatic heterocycles. The van der Waals surface area contributed by atoms with Gasteiger partial charge in [-0.1, -0.05) is 36.4 Å². The number of carbonyl (C=O) groups excluding carboxylic acids is 2. The second-order valence-corrected chi connectivity index (χ2v) is 10.4. The molecule has 1 aliphatic heterocycles. The van der Waals surface area contributed by atoms with E-state index in [9.17, 15) is 22.4 Å². The Balaban J connectivity index is 1.59. The summed E-state index contributed by atoms with van der Waals surface area (Å²) in [6.45, 7) is 2.80. The van der Waals surface area contributed by atoms with Crippen LogP contribution in [0.5, 0.6) is 0 Å². The zero-order chi connectivity index (χ0) is 24.3. The number of amides is 1. The number of likely N-dealkylation sites (tertiary alicyclic amines) is 1. The van der Waals surface area contributed by atoms with Crippen LogP contribution >= 0.6 is 0 Å². The fraction of sp³-hybridized carbons (Fsp3) is 0.360. The predicted octanol–water partition coefficient (Wildman–Crippen LogP) is 3.56. The number of ether oxygens (including phenoxy) is 1. The average Bonchev–Trinajstić information content (AvgIpc) is 3.20. The van der Waals surface area contributed by atoms with Crippen LogP contribution in [0.25, 0.3) is 10.9 Å². The molecule has 2 aromatic carbocycles. The number of piperidine rings is 1. The minimum Gasteiger partial charge on any atom is -0.466 e. The van der Waals surface area contributed by atoms with Crippen LogP contribution in [0.4, 0.5) is 4.39 Å². The molecule has 0 spiro atoms. The first kappa shape index (κ1) is 23.9. The minimum atomic E-state index is -3.88. The molecule has 0 bridgehead atoms. The summed E-state index contributed by atoms with van der Waals surface area (Å²) >= 11 is 0. The van der Waals surface area contributed by atoms with Gasteiger partial charge in [0.15, 0.2) is 9.84 Å². The molecule has 0 radical (unpaired) electrons. The van der Waals surface area contributed by atoms with Gasteiger partial charge in [-0.2, -0.15) is 0 Å². The number of esters is 1. The highest BCUT2D eigenvalue weighted by Crippen LogP contribution is 2.29. The van der Waals surface area contributed by atoms with Gasteiger partial charge < -0.3 is 14.2 Å². The number of hydrogen-bond acceptors (Lipinski definition) is 5. The Labute approximate surface area is 198 Å². The summed E-state index contributed by atoms with van der Waals surface area (Å²) in [6, 6.07) is 12.7. The lowest BCUT2D eigenvalue weighted by Crippen LogP contribution is -2.44. The van der Waals surface area contributed by atoms with Crippen molar-refractivity contribution in [3.63, 3.8) is 0 Å². The van der Waals surface area contributed by atoms with Gasteiger partial charge in [0.05, 0.1) is 23.2 Å². The fourth-order valence-corrected chi connectivity index (χ4v) is 5.99. The van der Waals surface area contributed by atoms with Gasteiger partial charge in [0.25, 0.3) is 0 Å². The molecule has 0 N–H and O–H groups in total. The molecular weight excluding hydrogens is 459 g/mol. The predicted molar refractivity (Wildman–Crippen MR) is 125 cm³/mol. The van der Waals surface area contributed by atoms with Gasteiger partial charge in [0, 0.05) is 35.8 Å². The molecule has 34 heavy (non-hydrogen) atoms. The fourth-order valence-electron chi connectivity index (χ4n) is 4.39. The highest BCUT2D eigenvalue weighted by Gasteiger charge is 2.30. The standard InChI is InChI=1S/C25H27FN2O5S/c1-2-33-25(30)18-9-7-13-27(14-18)24(29)16-28-15-23(20-10-4-6-12-22(20)28)34(31,32)17-19-8-3-5-11-21(19)26/h3-6,8,10-12,15,18H,2,7,9,13-14,16-17H2,1H3. The highest BCUT2D eigenvalue weighted by molar-refractivity contribution is 7.90. The van der Waals surface area contributed by atoms with E-state index in [0.717, 1.165) is 0 Å². The van der Waals surface area contributed by atoms with E-state index in [1.165, 1.54) is 24.4 Å². The molecule has 2 heterocycles. The second-order valence-electron chi connectivity index (χ2n) is 8.42. The molecule has 0 aliphatic carbocycles. The molecule has 1 unspecified atom stereocenters. The SMILES string of the molecule is CCOC(=O)C1CCCN(C(=O)Cn2cc(S(=O)(=O)Cc3ccccc3F)c3ccccc32)C1. The number of aromatic nitrogens is 1. The largest absolute Gasteiger partial charge is 0.466 e. The highest BCUT2D eigenvalue weighted by atomic mass is 32.2. The van der Waals surface area contributed by atoms with Gasteiger partial charge in [-0.25, -0.2) is 12.8 Å². The van der Waals surface area contributed by atoms with Gasteiger partial charge in [0.2, 0.25) is 5.91 Å². The number of nitrogens with zero attached hydrogens (tertiary/aromatic N) is 2. The topological polar surface area (TPSA) is 85.7 Å². The van der Waals surface area contributed by atoms with Crippen LogP contribution in [-0.2, 0) is 36.5 Å². The number of carbonyl (C=O) groups is 2. The second kappa shape index (κ2) is 9.97. The molecule has 1 aliphatic rings. The van der Waals surface area contributed by atoms with Crippen LogP contribution in [0.2, 0.25) is 0 Å². The van der Waals surface area contributed by atoms with E-state index in [2.05, 4.69) is 0 Å². The summed E-state index contributed by atoms with van der Waals surface area (Å²) in [5.74, 6) is -1.91. The number of sulfone groups is 1. The number of para-hydroxylation sites is 1. The van der Waals surface area contributed by atoms with E-state index in [1.807, 2.05) is 0 Å². The smallest absolute Gasteiger partial charge is 0.310 e. The van der Waals surface area contributed by atoms with Crippen LogP contribution in [-0.4, -0.2) is 49.5 Å². The Kier molecular flexibility index (Phi) is 7.02. The van der Waals surface area contributed by atoms with Crippen molar-refractivity contribution in [1.82, 2.24) is 9.47 Å². The van der Waals surface area contributed by atoms with Crippen molar-refractivity contribution in [2.45, 2.75) is 37.0 Å². The number of fused-ring (bicyclic) bond motifs is 1. The lowest BCUT2D eigenvalue weighted by molar-refractivity contribution is -0.151. The first-order valence-corrected chi connectivity index (χ1v) is 12.9. The molecular formula is C25H27FN2O5S. The monoisotopic (exact) mass is 486 g/mol. The number of rotatable bonds is 7. The van der Waals surface area contributed by atoms with Crippen molar-refractivity contribution in [1.29, 1.82) is 0 Å². The molecule has 1 saturated heterocycles. The van der Waals surface area contributed by atoms with Crippen LogP contribution in [0, 0.1) is 11.7 Å². The molecule has 0 saturated carbocycles. The molecule has 7 nitrogen and oxygen atoms in total. The van der Waals surface area contributed by atoms with Crippen LogP contribution in [0.1, 0.15) is 25.3 Å². The Morgan fingerprint density at radius 2 is 1.85 bits per heavy atom. The van der Waals surface area contributed by atoms with Crippen molar-refractivity contribution in [2.75, 3.05) is 19.7 Å². The molecule has 9 heteroatoms. The summed E-state index contributed by atoms with van der Waals surface area (Å²) in [5.41, 5.74) is 0.690. The van der Waals surface area contributed by atoms with Crippen LogP contribution in [0.3, 0.4) is 0 Å². The minimum absolute atomic E-state index is 0.0576. The van der Waals surface area contributed by atoms with Crippen molar-refractivity contribution in [2.24, 2.45) is 5.92 Å². The van der Waals surface area contributed by atoms with Gasteiger partial charge in [0.1, 0.15) is 12.4 Å². The van der Waals surface area contributed by atoms with E-state index < -0.39 is 21.4 Å². The van der Waals surface area contributed by atoms with E-state index in [-0.39, 0.29) is 41.3 Å². The summed E-state index contributed by atoms with van der Waals surface area (Å²) in [6.07, 6.45) is 2.82. The molecule has 180 valence electrons. The molecule has 1 atom stereocenters. The number of benzene rings is 2. The summed E-state index contributed by atoms with van der Waals surface area (Å²) in [7, 11) is -3.88. The molecule has 1 fully saturated rings. The van der Waals surface area contributed by atoms with E-state index in [1.54, 1.807) is 46.7 Å². The van der Waals surface area contributed by atoms with Gasteiger partial charge in [-0.05, 0) is 31.9 Å².